The summed E-state index contributed by atoms with van der Waals surface area (Å²) in [5.74, 6) is 0.869. The van der Waals surface area contributed by atoms with Crippen LogP contribution in [0.1, 0.15) is 73.5 Å². The van der Waals surface area contributed by atoms with Crippen molar-refractivity contribution in [2.75, 3.05) is 19.3 Å². The lowest BCUT2D eigenvalue weighted by atomic mass is 9.61. The summed E-state index contributed by atoms with van der Waals surface area (Å²) >= 11 is 0. The van der Waals surface area contributed by atoms with E-state index in [9.17, 15) is 5.26 Å². The van der Waals surface area contributed by atoms with Crippen molar-refractivity contribution in [3.8, 4) is 23.5 Å². The van der Waals surface area contributed by atoms with E-state index in [1.165, 1.54) is 12.0 Å². The average molecular weight is 485 g/mol. The number of likely N-dealkylation sites (N-methyl/N-ethyl adjacent to an activating group) is 1. The highest BCUT2D eigenvalue weighted by atomic mass is 16.5. The van der Waals surface area contributed by atoms with Gasteiger partial charge in [-0.15, -0.1) is 0 Å². The second-order valence-corrected chi connectivity index (χ2v) is 10.5. The molecule has 0 unspecified atom stereocenters. The van der Waals surface area contributed by atoms with Gasteiger partial charge >= 0.3 is 6.01 Å². The summed E-state index contributed by atoms with van der Waals surface area (Å²) in [6.45, 7) is 3.18. The first kappa shape index (κ1) is 23.0. The molecule has 1 aromatic carbocycles. The molecule has 3 heterocycles. The zero-order valence-corrected chi connectivity index (χ0v) is 21.0. The Bertz CT molecular complexity index is 1340. The first-order chi connectivity index (χ1) is 17.5. The Morgan fingerprint density at radius 1 is 1.22 bits per heavy atom. The smallest absolute Gasteiger partial charge is 0.317 e. The lowest BCUT2D eigenvalue weighted by Crippen LogP contribution is -2.38. The summed E-state index contributed by atoms with van der Waals surface area (Å²) in [6, 6.07) is 8.93. The van der Waals surface area contributed by atoms with E-state index >= 15 is 0 Å². The third kappa shape index (κ3) is 3.56. The minimum absolute atomic E-state index is 0.00385. The molecule has 2 N–H and O–H groups in total. The summed E-state index contributed by atoms with van der Waals surface area (Å²) in [6.07, 6.45) is 9.70. The Hall–Kier alpha value is -3.44. The van der Waals surface area contributed by atoms with Crippen LogP contribution in [0.15, 0.2) is 28.9 Å². The highest BCUT2D eigenvalue weighted by Crippen LogP contribution is 2.53. The Morgan fingerprint density at radius 3 is 2.83 bits per heavy atom. The van der Waals surface area contributed by atoms with Crippen molar-refractivity contribution >= 4 is 5.69 Å². The molecular formula is C28H32N6O2. The van der Waals surface area contributed by atoms with Crippen molar-refractivity contribution in [1.82, 2.24) is 20.0 Å². The summed E-state index contributed by atoms with van der Waals surface area (Å²) in [5.41, 5.74) is 11.8. The minimum Gasteiger partial charge on any atom is -0.459 e. The lowest BCUT2D eigenvalue weighted by Gasteiger charge is -2.41. The largest absolute Gasteiger partial charge is 0.459 e. The zero-order chi connectivity index (χ0) is 24.9. The van der Waals surface area contributed by atoms with E-state index in [1.54, 1.807) is 6.20 Å². The number of aryl methyl sites for hydroxylation is 1. The zero-order valence-electron chi connectivity index (χ0n) is 21.0. The fraction of sp³-hybridized carbons (Fsp3) is 0.500. The van der Waals surface area contributed by atoms with E-state index in [0.29, 0.717) is 29.0 Å². The molecule has 8 nitrogen and oxygen atoms in total. The van der Waals surface area contributed by atoms with Crippen LogP contribution in [0.4, 0.5) is 5.69 Å². The summed E-state index contributed by atoms with van der Waals surface area (Å²) in [4.78, 5) is 11.5. The van der Waals surface area contributed by atoms with Gasteiger partial charge in [-0.1, -0.05) is 11.2 Å². The quantitative estimate of drug-likeness (QED) is 0.542. The number of likely N-dealkylation sites (tertiary alicyclic amines) is 1. The molecule has 8 heteroatoms. The van der Waals surface area contributed by atoms with Gasteiger partial charge in [0.2, 0.25) is 0 Å². The molecule has 6 rings (SSSR count). The molecule has 0 saturated carbocycles. The Morgan fingerprint density at radius 2 is 2.06 bits per heavy atom. The molecule has 3 aromatic rings. The van der Waals surface area contributed by atoms with E-state index in [2.05, 4.69) is 41.1 Å². The van der Waals surface area contributed by atoms with Crippen LogP contribution in [0.25, 0.3) is 11.4 Å². The van der Waals surface area contributed by atoms with Crippen LogP contribution in [0, 0.1) is 11.3 Å². The highest BCUT2D eigenvalue weighted by Gasteiger charge is 2.47. The van der Waals surface area contributed by atoms with Gasteiger partial charge in [0.25, 0.3) is 0 Å². The van der Waals surface area contributed by atoms with Crippen LogP contribution >= 0.6 is 0 Å². The maximum Gasteiger partial charge on any atom is 0.317 e. The Balaban J connectivity index is 1.38. The van der Waals surface area contributed by atoms with Crippen molar-refractivity contribution in [3.05, 3.63) is 52.4 Å². The fourth-order valence-corrected chi connectivity index (χ4v) is 6.82. The maximum absolute atomic E-state index is 10.0. The summed E-state index contributed by atoms with van der Waals surface area (Å²) < 4.78 is 12.3. The van der Waals surface area contributed by atoms with Gasteiger partial charge in [0, 0.05) is 23.5 Å². The van der Waals surface area contributed by atoms with Gasteiger partial charge in [-0.25, -0.2) is 4.98 Å². The summed E-state index contributed by atoms with van der Waals surface area (Å²) in [7, 11) is 2.14. The van der Waals surface area contributed by atoms with Gasteiger partial charge < -0.3 is 15.0 Å². The molecule has 0 radical (unpaired) electrons. The van der Waals surface area contributed by atoms with E-state index in [4.69, 9.17) is 20.0 Å². The number of ether oxygens (including phenoxy) is 1. The van der Waals surface area contributed by atoms with E-state index in [-0.39, 0.29) is 11.5 Å². The maximum atomic E-state index is 10.0. The number of benzene rings is 1. The normalized spacial score (nSPS) is 24.2. The van der Waals surface area contributed by atoms with E-state index in [0.717, 1.165) is 74.1 Å². The van der Waals surface area contributed by atoms with Crippen LogP contribution in [-0.4, -0.2) is 45.8 Å². The molecule has 2 aromatic heterocycles. The molecular weight excluding hydrogens is 452 g/mol. The number of nitrogen functional groups attached to an aromatic ring is 1. The molecule has 0 bridgehead atoms. The van der Waals surface area contributed by atoms with Crippen LogP contribution in [-0.2, 0) is 18.3 Å². The molecule has 2 aliphatic carbocycles. The molecule has 36 heavy (non-hydrogen) atoms. The van der Waals surface area contributed by atoms with Crippen LogP contribution in [0.3, 0.4) is 0 Å². The number of nitriles is 1. The van der Waals surface area contributed by atoms with Crippen molar-refractivity contribution in [2.24, 2.45) is 0 Å². The molecule has 1 fully saturated rings. The Labute approximate surface area is 211 Å². The number of nitrogens with zero attached hydrogens (tertiary/aromatic N) is 5. The van der Waals surface area contributed by atoms with Gasteiger partial charge in [0.1, 0.15) is 17.9 Å². The lowest BCUT2D eigenvalue weighted by molar-refractivity contribution is 0.112. The molecule has 186 valence electrons. The second kappa shape index (κ2) is 8.90. The fourth-order valence-electron chi connectivity index (χ4n) is 6.82. The van der Waals surface area contributed by atoms with Gasteiger partial charge in [0.15, 0.2) is 5.76 Å². The second-order valence-electron chi connectivity index (χ2n) is 10.5. The van der Waals surface area contributed by atoms with Gasteiger partial charge in [-0.05, 0) is 95.1 Å². The number of anilines is 1. The Kier molecular flexibility index (Phi) is 5.68. The van der Waals surface area contributed by atoms with Crippen LogP contribution in [0.5, 0.6) is 6.01 Å². The first-order valence-corrected chi connectivity index (χ1v) is 13.0. The van der Waals surface area contributed by atoms with Crippen molar-refractivity contribution in [1.29, 1.82) is 5.26 Å². The van der Waals surface area contributed by atoms with Crippen molar-refractivity contribution < 1.29 is 9.26 Å². The number of hydrogen-bond donors (Lipinski definition) is 1. The predicted molar refractivity (Wildman–Crippen MR) is 135 cm³/mol. The van der Waals surface area contributed by atoms with E-state index in [1.807, 2.05) is 12.1 Å². The number of hydrogen-bond acceptors (Lipinski definition) is 8. The van der Waals surface area contributed by atoms with E-state index < -0.39 is 0 Å². The standard InChI is InChI=1S/C28H32N6O2/c1-17(23-8-5-15-34(23)2)35-27-31-14-11-22(32-27)25-19-7-4-13-28(26(19)36-33-25)12-3-6-18-9-10-21(30)20(16-29)24(18)28/h9-11,14,17,23H,3-8,12-13,15,30H2,1-2H3/t17-,23-,28+/m0/s1. The molecule has 0 amide bonds. The molecule has 1 saturated heterocycles. The third-order valence-corrected chi connectivity index (χ3v) is 8.50. The number of rotatable bonds is 4. The topological polar surface area (TPSA) is 114 Å². The van der Waals surface area contributed by atoms with Gasteiger partial charge in [-0.3, -0.25) is 4.90 Å². The van der Waals surface area contributed by atoms with Crippen molar-refractivity contribution in [2.45, 2.75) is 75.9 Å². The van der Waals surface area contributed by atoms with Crippen LogP contribution < -0.4 is 10.5 Å². The minimum atomic E-state index is -0.374. The molecule has 3 atom stereocenters. The number of fused-ring (bicyclic) bond motifs is 4. The number of aromatic nitrogens is 3. The van der Waals surface area contributed by atoms with Crippen molar-refractivity contribution in [3.63, 3.8) is 0 Å². The van der Waals surface area contributed by atoms with Gasteiger partial charge in [-0.2, -0.15) is 10.2 Å². The van der Waals surface area contributed by atoms with Crippen LogP contribution in [0.2, 0.25) is 0 Å². The first-order valence-electron chi connectivity index (χ1n) is 13.0. The molecule has 1 spiro atoms. The number of nitrogens with two attached hydrogens (primary N) is 1. The highest BCUT2D eigenvalue weighted by molar-refractivity contribution is 5.67. The predicted octanol–water partition coefficient (Wildman–Crippen LogP) is 4.41. The molecule has 3 aliphatic rings. The average Bonchev–Trinajstić information content (AvgIpc) is 3.52. The SMILES string of the molecule is C[C@H](Oc1nccc(-c2noc3c2CCC[C@@]32CCCc3ccc(N)c(C#N)c32)n1)[C@@H]1CCCN1C. The summed E-state index contributed by atoms with van der Waals surface area (Å²) in [5, 5.41) is 14.5. The molecule has 1 aliphatic heterocycles. The monoisotopic (exact) mass is 484 g/mol. The van der Waals surface area contributed by atoms with Gasteiger partial charge in [0.05, 0.1) is 16.7 Å². The third-order valence-electron chi connectivity index (χ3n) is 8.50.